The van der Waals surface area contributed by atoms with Crippen LogP contribution in [-0.2, 0) is 0 Å². The Kier molecular flexibility index (Phi) is 1.59. The smallest absolute Gasteiger partial charge is 0.0776 e. The van der Waals surface area contributed by atoms with Crippen LogP contribution >= 0.6 is 0 Å². The molecule has 1 unspecified atom stereocenters. The second kappa shape index (κ2) is 2.60. The molecule has 0 amide bonds. The fourth-order valence-electron chi connectivity index (χ4n) is 1.18. The number of pyridine rings is 1. The first-order valence-electron chi connectivity index (χ1n) is 3.89. The third-order valence-corrected chi connectivity index (χ3v) is 1.90. The van der Waals surface area contributed by atoms with Crippen molar-refractivity contribution in [2.75, 3.05) is 0 Å². The molecule has 0 fully saturated rings. The van der Waals surface area contributed by atoms with E-state index in [2.05, 4.69) is 5.10 Å². The van der Waals surface area contributed by atoms with Crippen molar-refractivity contribution in [1.82, 2.24) is 9.61 Å². The van der Waals surface area contributed by atoms with Gasteiger partial charge in [0.05, 0.1) is 11.6 Å². The Balaban J connectivity index is 2.60. The van der Waals surface area contributed by atoms with E-state index in [0.29, 0.717) is 0 Å². The molecule has 12 heavy (non-hydrogen) atoms. The molecule has 1 atom stereocenters. The molecule has 3 heteroatoms. The monoisotopic (exact) mass is 162 g/mol. The Morgan fingerprint density at radius 2 is 2.25 bits per heavy atom. The first-order chi connectivity index (χ1) is 5.77. The van der Waals surface area contributed by atoms with Gasteiger partial charge >= 0.3 is 0 Å². The Bertz CT molecular complexity index is 392. The molecule has 0 saturated heterocycles. The molecule has 2 aromatic heterocycles. The van der Waals surface area contributed by atoms with E-state index >= 15 is 0 Å². The van der Waals surface area contributed by atoms with Crippen molar-refractivity contribution < 1.29 is 5.11 Å². The summed E-state index contributed by atoms with van der Waals surface area (Å²) in [4.78, 5) is 0. The van der Waals surface area contributed by atoms with Gasteiger partial charge in [0.2, 0.25) is 0 Å². The lowest BCUT2D eigenvalue weighted by Crippen LogP contribution is -1.94. The van der Waals surface area contributed by atoms with Crippen LogP contribution in [0.15, 0.2) is 30.6 Å². The molecular formula is C9H10N2O. The molecule has 0 aliphatic carbocycles. The van der Waals surface area contributed by atoms with Gasteiger partial charge in [-0.1, -0.05) is 6.07 Å². The van der Waals surface area contributed by atoms with Gasteiger partial charge in [0, 0.05) is 12.4 Å². The van der Waals surface area contributed by atoms with Gasteiger partial charge in [-0.05, 0) is 24.6 Å². The lowest BCUT2D eigenvalue weighted by molar-refractivity contribution is 0.198. The molecule has 0 bridgehead atoms. The van der Waals surface area contributed by atoms with E-state index in [4.69, 9.17) is 0 Å². The fourth-order valence-corrected chi connectivity index (χ4v) is 1.18. The second-order valence-corrected chi connectivity index (χ2v) is 2.84. The van der Waals surface area contributed by atoms with E-state index in [-0.39, 0.29) is 0 Å². The summed E-state index contributed by atoms with van der Waals surface area (Å²) < 4.78 is 1.75. The molecule has 1 N–H and O–H groups in total. The third-order valence-electron chi connectivity index (χ3n) is 1.90. The number of aromatic nitrogens is 2. The number of rotatable bonds is 1. The van der Waals surface area contributed by atoms with Crippen LogP contribution in [0.4, 0.5) is 0 Å². The summed E-state index contributed by atoms with van der Waals surface area (Å²) in [6.07, 6.45) is 3.14. The SMILES string of the molecule is CC(O)c1ccc2ccnn2c1. The van der Waals surface area contributed by atoms with Crippen molar-refractivity contribution >= 4 is 5.52 Å². The van der Waals surface area contributed by atoms with E-state index in [0.717, 1.165) is 11.1 Å². The van der Waals surface area contributed by atoms with E-state index in [1.54, 1.807) is 17.6 Å². The maximum absolute atomic E-state index is 9.28. The zero-order valence-electron chi connectivity index (χ0n) is 6.81. The number of nitrogens with zero attached hydrogens (tertiary/aromatic N) is 2. The highest BCUT2D eigenvalue weighted by Gasteiger charge is 2.01. The molecule has 3 nitrogen and oxygen atoms in total. The van der Waals surface area contributed by atoms with Crippen molar-refractivity contribution in [2.45, 2.75) is 13.0 Å². The summed E-state index contributed by atoms with van der Waals surface area (Å²) in [5.41, 5.74) is 1.92. The summed E-state index contributed by atoms with van der Waals surface area (Å²) in [6, 6.07) is 5.77. The molecule has 2 rings (SSSR count). The molecule has 2 aromatic rings. The van der Waals surface area contributed by atoms with Crippen molar-refractivity contribution in [3.63, 3.8) is 0 Å². The van der Waals surface area contributed by atoms with E-state index < -0.39 is 6.10 Å². The van der Waals surface area contributed by atoms with Gasteiger partial charge in [-0.3, -0.25) is 0 Å². The minimum Gasteiger partial charge on any atom is -0.389 e. The number of fused-ring (bicyclic) bond motifs is 1. The molecule has 0 aromatic carbocycles. The van der Waals surface area contributed by atoms with Crippen LogP contribution in [0.3, 0.4) is 0 Å². The molecule has 2 heterocycles. The van der Waals surface area contributed by atoms with Gasteiger partial charge in [-0.2, -0.15) is 5.10 Å². The molecule has 0 aliphatic heterocycles. The van der Waals surface area contributed by atoms with Gasteiger partial charge in [0.25, 0.3) is 0 Å². The number of hydrogen-bond donors (Lipinski definition) is 1. The maximum Gasteiger partial charge on any atom is 0.0776 e. The summed E-state index contributed by atoms with van der Waals surface area (Å²) in [5, 5.41) is 13.3. The number of aliphatic hydroxyl groups is 1. The van der Waals surface area contributed by atoms with Crippen LogP contribution in [-0.4, -0.2) is 14.7 Å². The lowest BCUT2D eigenvalue weighted by atomic mass is 10.2. The Labute approximate surface area is 70.3 Å². The highest BCUT2D eigenvalue weighted by Crippen LogP contribution is 2.12. The van der Waals surface area contributed by atoms with Gasteiger partial charge in [0.1, 0.15) is 0 Å². The first-order valence-corrected chi connectivity index (χ1v) is 3.89. The van der Waals surface area contributed by atoms with Crippen molar-refractivity contribution in [2.24, 2.45) is 0 Å². The summed E-state index contributed by atoms with van der Waals surface area (Å²) in [5.74, 6) is 0. The normalized spacial score (nSPS) is 13.5. The molecule has 62 valence electrons. The Morgan fingerprint density at radius 3 is 3.00 bits per heavy atom. The molecule has 0 spiro atoms. The summed E-state index contributed by atoms with van der Waals surface area (Å²) in [7, 11) is 0. The van der Waals surface area contributed by atoms with E-state index in [1.807, 2.05) is 24.4 Å². The average Bonchev–Trinajstić information content (AvgIpc) is 2.49. The zero-order valence-corrected chi connectivity index (χ0v) is 6.81. The topological polar surface area (TPSA) is 37.5 Å². The van der Waals surface area contributed by atoms with Crippen LogP contribution < -0.4 is 0 Å². The predicted molar refractivity (Wildman–Crippen MR) is 45.8 cm³/mol. The summed E-state index contributed by atoms with van der Waals surface area (Å²) >= 11 is 0. The second-order valence-electron chi connectivity index (χ2n) is 2.84. The van der Waals surface area contributed by atoms with E-state index in [1.165, 1.54) is 0 Å². The van der Waals surface area contributed by atoms with Gasteiger partial charge in [-0.15, -0.1) is 0 Å². The number of aliphatic hydroxyl groups excluding tert-OH is 1. The van der Waals surface area contributed by atoms with Crippen LogP contribution in [0.1, 0.15) is 18.6 Å². The van der Waals surface area contributed by atoms with Crippen LogP contribution in [0, 0.1) is 0 Å². The van der Waals surface area contributed by atoms with Gasteiger partial charge in [0.15, 0.2) is 0 Å². The van der Waals surface area contributed by atoms with Gasteiger partial charge in [-0.25, -0.2) is 4.52 Å². The van der Waals surface area contributed by atoms with E-state index in [9.17, 15) is 5.11 Å². The van der Waals surface area contributed by atoms with Crippen molar-refractivity contribution in [1.29, 1.82) is 0 Å². The van der Waals surface area contributed by atoms with Crippen LogP contribution in [0.5, 0.6) is 0 Å². The Morgan fingerprint density at radius 1 is 1.42 bits per heavy atom. The molecule has 0 aliphatic rings. The highest BCUT2D eigenvalue weighted by molar-refractivity contribution is 5.46. The minimum absolute atomic E-state index is 0.432. The first kappa shape index (κ1) is 7.31. The average molecular weight is 162 g/mol. The quantitative estimate of drug-likeness (QED) is 0.688. The standard InChI is InChI=1S/C9H10N2O/c1-7(12)8-2-3-9-4-5-10-11(9)6-8/h2-7,12H,1H3. The fraction of sp³-hybridized carbons (Fsp3) is 0.222. The molecule has 0 radical (unpaired) electrons. The van der Waals surface area contributed by atoms with Crippen LogP contribution in [0.25, 0.3) is 5.52 Å². The predicted octanol–water partition coefficient (Wildman–Crippen LogP) is 1.39. The maximum atomic E-state index is 9.28. The van der Waals surface area contributed by atoms with Crippen LogP contribution in [0.2, 0.25) is 0 Å². The van der Waals surface area contributed by atoms with Gasteiger partial charge < -0.3 is 5.11 Å². The highest BCUT2D eigenvalue weighted by atomic mass is 16.3. The van der Waals surface area contributed by atoms with Crippen molar-refractivity contribution in [3.05, 3.63) is 36.2 Å². The largest absolute Gasteiger partial charge is 0.389 e. The number of hydrogen-bond acceptors (Lipinski definition) is 2. The molecule has 0 saturated carbocycles. The minimum atomic E-state index is -0.432. The Hall–Kier alpha value is -1.35. The third kappa shape index (κ3) is 1.08. The lowest BCUT2D eigenvalue weighted by Gasteiger charge is -2.03. The summed E-state index contributed by atoms with van der Waals surface area (Å²) in [6.45, 7) is 1.74. The molecular weight excluding hydrogens is 152 g/mol. The van der Waals surface area contributed by atoms with Crippen molar-refractivity contribution in [3.8, 4) is 0 Å². The zero-order chi connectivity index (χ0) is 8.55.